The van der Waals surface area contributed by atoms with Crippen LogP contribution in [0.25, 0.3) is 0 Å². The van der Waals surface area contributed by atoms with E-state index in [1.807, 2.05) is 0 Å². The van der Waals surface area contributed by atoms with Gasteiger partial charge in [-0.1, -0.05) is 58.3 Å². The summed E-state index contributed by atoms with van der Waals surface area (Å²) in [7, 11) is 0.125. The van der Waals surface area contributed by atoms with E-state index in [-0.39, 0.29) is 31.6 Å². The van der Waals surface area contributed by atoms with Crippen molar-refractivity contribution in [1.82, 2.24) is 0 Å². The number of rotatable bonds is 22. The van der Waals surface area contributed by atoms with Crippen LogP contribution in [0.1, 0.15) is 72.6 Å². The standard InChI is InChI=1S/C21H48O4Si2/c1-5-12-22-20(23-13-6-2)10-18-26-16-9-17-27-19-11-21(24-14-7-3)25-15-8-4/h20-21H,5-19,26-27H2,1-4H3. The zero-order valence-corrected chi connectivity index (χ0v) is 21.6. The minimum Gasteiger partial charge on any atom is -0.353 e. The van der Waals surface area contributed by atoms with Crippen LogP contribution in [0.15, 0.2) is 0 Å². The van der Waals surface area contributed by atoms with Crippen molar-refractivity contribution in [3.8, 4) is 0 Å². The Labute approximate surface area is 174 Å². The molecule has 0 amide bonds. The Morgan fingerprint density at radius 1 is 0.519 bits per heavy atom. The molecule has 0 saturated carbocycles. The van der Waals surface area contributed by atoms with Crippen LogP contribution < -0.4 is 0 Å². The molecule has 6 heteroatoms. The first-order chi connectivity index (χ1) is 13.3. The first-order valence-corrected chi connectivity index (χ1v) is 15.7. The first-order valence-electron chi connectivity index (χ1n) is 11.7. The maximum atomic E-state index is 5.81. The van der Waals surface area contributed by atoms with Gasteiger partial charge in [0.25, 0.3) is 0 Å². The summed E-state index contributed by atoms with van der Waals surface area (Å²) in [4.78, 5) is 0. The second-order valence-electron chi connectivity index (χ2n) is 7.39. The smallest absolute Gasteiger partial charge is 0.157 e. The van der Waals surface area contributed by atoms with Crippen molar-refractivity contribution in [1.29, 1.82) is 0 Å². The topological polar surface area (TPSA) is 36.9 Å². The molecule has 0 aromatic rings. The summed E-state index contributed by atoms with van der Waals surface area (Å²) in [6.45, 7) is 11.9. The Bertz CT molecular complexity index is 241. The Morgan fingerprint density at radius 3 is 1.15 bits per heavy atom. The highest BCUT2D eigenvalue weighted by Gasteiger charge is 2.09. The molecule has 164 valence electrons. The molecule has 0 atom stereocenters. The average molecular weight is 421 g/mol. The predicted molar refractivity (Wildman–Crippen MR) is 123 cm³/mol. The highest BCUT2D eigenvalue weighted by molar-refractivity contribution is 6.37. The third-order valence-electron chi connectivity index (χ3n) is 4.41. The Balaban J connectivity index is 3.59. The Morgan fingerprint density at radius 2 is 0.852 bits per heavy atom. The van der Waals surface area contributed by atoms with Gasteiger partial charge < -0.3 is 18.9 Å². The van der Waals surface area contributed by atoms with Crippen molar-refractivity contribution >= 4 is 19.0 Å². The lowest BCUT2D eigenvalue weighted by atomic mass is 10.4. The third kappa shape index (κ3) is 19.4. The molecule has 27 heavy (non-hydrogen) atoms. The van der Waals surface area contributed by atoms with Crippen LogP contribution in [0.4, 0.5) is 0 Å². The predicted octanol–water partition coefficient (Wildman–Crippen LogP) is 4.53. The maximum Gasteiger partial charge on any atom is 0.157 e. The summed E-state index contributed by atoms with van der Waals surface area (Å²) in [5, 5.41) is 0. The van der Waals surface area contributed by atoms with Gasteiger partial charge in [-0.25, -0.2) is 0 Å². The van der Waals surface area contributed by atoms with Crippen LogP contribution in [0, 0.1) is 0 Å². The van der Waals surface area contributed by atoms with Gasteiger partial charge in [0.1, 0.15) is 0 Å². The molecule has 0 aliphatic carbocycles. The fourth-order valence-electron chi connectivity index (χ4n) is 2.93. The molecular weight excluding hydrogens is 372 g/mol. The van der Waals surface area contributed by atoms with Crippen molar-refractivity contribution < 1.29 is 18.9 Å². The van der Waals surface area contributed by atoms with Crippen LogP contribution in [0.5, 0.6) is 0 Å². The largest absolute Gasteiger partial charge is 0.353 e. The monoisotopic (exact) mass is 420 g/mol. The Hall–Kier alpha value is 0.274. The molecule has 0 rings (SSSR count). The zero-order chi connectivity index (χ0) is 20.0. The van der Waals surface area contributed by atoms with Crippen LogP contribution in [-0.2, 0) is 18.9 Å². The summed E-state index contributed by atoms with van der Waals surface area (Å²) in [5.74, 6) is 0. The van der Waals surface area contributed by atoms with Gasteiger partial charge in [0.2, 0.25) is 0 Å². The van der Waals surface area contributed by atoms with Crippen LogP contribution in [-0.4, -0.2) is 58.0 Å². The van der Waals surface area contributed by atoms with E-state index in [0.717, 1.165) is 65.0 Å². The minimum atomic E-state index is 0.0509. The van der Waals surface area contributed by atoms with Gasteiger partial charge in [0.05, 0.1) is 0 Å². The van der Waals surface area contributed by atoms with E-state index >= 15 is 0 Å². The molecule has 0 heterocycles. The first kappa shape index (κ1) is 27.3. The number of hydrogen-bond acceptors (Lipinski definition) is 4. The lowest BCUT2D eigenvalue weighted by Crippen LogP contribution is -2.19. The molecule has 0 N–H and O–H groups in total. The van der Waals surface area contributed by atoms with E-state index in [4.69, 9.17) is 18.9 Å². The highest BCUT2D eigenvalue weighted by Crippen LogP contribution is 2.10. The van der Waals surface area contributed by atoms with Gasteiger partial charge in [-0.15, -0.1) is 0 Å². The van der Waals surface area contributed by atoms with Gasteiger partial charge in [-0.2, -0.15) is 0 Å². The molecule has 0 fully saturated rings. The van der Waals surface area contributed by atoms with E-state index in [1.165, 1.54) is 30.6 Å². The van der Waals surface area contributed by atoms with Gasteiger partial charge in [-0.3, -0.25) is 0 Å². The lowest BCUT2D eigenvalue weighted by Gasteiger charge is -2.18. The van der Waals surface area contributed by atoms with Crippen LogP contribution in [0.3, 0.4) is 0 Å². The van der Waals surface area contributed by atoms with Crippen molar-refractivity contribution in [2.75, 3.05) is 26.4 Å². The molecule has 0 spiro atoms. The summed E-state index contributed by atoms with van der Waals surface area (Å²) in [6, 6.07) is 5.70. The molecule has 4 nitrogen and oxygen atoms in total. The summed E-state index contributed by atoms with van der Waals surface area (Å²) < 4.78 is 23.3. The molecule has 0 bridgehead atoms. The fraction of sp³-hybridized carbons (Fsp3) is 1.00. The maximum absolute atomic E-state index is 5.81. The SMILES string of the molecule is CCCOC(CC[SiH2]CCC[SiH2]CCC(OCCC)OCCC)OCCC. The summed E-state index contributed by atoms with van der Waals surface area (Å²) in [6.07, 6.45) is 8.05. The lowest BCUT2D eigenvalue weighted by molar-refractivity contribution is -0.143. The van der Waals surface area contributed by atoms with E-state index < -0.39 is 0 Å². The minimum absolute atomic E-state index is 0.0509. The second kappa shape index (κ2) is 22.6. The third-order valence-corrected chi connectivity index (χ3v) is 8.23. The zero-order valence-electron chi connectivity index (χ0n) is 18.8. The van der Waals surface area contributed by atoms with Crippen molar-refractivity contribution in [2.45, 2.75) is 109 Å². The van der Waals surface area contributed by atoms with Gasteiger partial charge in [-0.05, 0) is 38.5 Å². The molecule has 0 aliphatic heterocycles. The second-order valence-corrected chi connectivity index (χ2v) is 11.6. The average Bonchev–Trinajstić information content (AvgIpc) is 2.69. The van der Waals surface area contributed by atoms with Gasteiger partial charge >= 0.3 is 0 Å². The quantitative estimate of drug-likeness (QED) is 0.146. The van der Waals surface area contributed by atoms with Crippen molar-refractivity contribution in [3.63, 3.8) is 0 Å². The molecule has 0 aromatic heterocycles. The number of ether oxygens (including phenoxy) is 4. The van der Waals surface area contributed by atoms with E-state index in [9.17, 15) is 0 Å². The van der Waals surface area contributed by atoms with Crippen molar-refractivity contribution in [3.05, 3.63) is 0 Å². The molecule has 0 aromatic carbocycles. The molecular formula is C21H48O4Si2. The number of hydrogen-bond donors (Lipinski definition) is 0. The van der Waals surface area contributed by atoms with Gasteiger partial charge in [0.15, 0.2) is 12.6 Å². The molecule has 0 aliphatic rings. The fourth-order valence-corrected chi connectivity index (χ4v) is 7.01. The molecule has 0 saturated heterocycles. The normalized spacial score (nSPS) is 12.7. The van der Waals surface area contributed by atoms with E-state index in [1.54, 1.807) is 0 Å². The van der Waals surface area contributed by atoms with E-state index in [2.05, 4.69) is 27.7 Å². The van der Waals surface area contributed by atoms with Crippen molar-refractivity contribution in [2.24, 2.45) is 0 Å². The summed E-state index contributed by atoms with van der Waals surface area (Å²) >= 11 is 0. The highest BCUT2D eigenvalue weighted by atomic mass is 28.2. The molecule has 0 unspecified atom stereocenters. The summed E-state index contributed by atoms with van der Waals surface area (Å²) in [5.41, 5.74) is 0. The van der Waals surface area contributed by atoms with Crippen LogP contribution >= 0.6 is 0 Å². The van der Waals surface area contributed by atoms with E-state index in [0.29, 0.717) is 0 Å². The Kier molecular flexibility index (Phi) is 22.8. The van der Waals surface area contributed by atoms with Gasteiger partial charge in [0, 0.05) is 45.5 Å². The van der Waals surface area contributed by atoms with Crippen LogP contribution in [0.2, 0.25) is 24.2 Å². The molecule has 0 radical (unpaired) electrons.